The fourth-order valence-electron chi connectivity index (χ4n) is 3.32. The molecule has 2 aromatic rings. The van der Waals surface area contributed by atoms with Crippen molar-refractivity contribution in [2.75, 3.05) is 13.2 Å². The predicted octanol–water partition coefficient (Wildman–Crippen LogP) is 1.89. The van der Waals surface area contributed by atoms with Crippen LogP contribution in [-0.2, 0) is 17.3 Å². The molecule has 1 saturated heterocycles. The Morgan fingerprint density at radius 1 is 1.42 bits per heavy atom. The van der Waals surface area contributed by atoms with E-state index in [2.05, 4.69) is 47.3 Å². The zero-order chi connectivity index (χ0) is 17.2. The number of aryl methyl sites for hydroxylation is 1. The number of nitrogens with zero attached hydrogens (tertiary/aromatic N) is 5. The molecular weight excluding hydrogens is 304 g/mol. The Kier molecular flexibility index (Phi) is 5.01. The topological polar surface area (TPSA) is 69.8 Å². The lowest BCUT2D eigenvalue weighted by Crippen LogP contribution is -2.49. The van der Waals surface area contributed by atoms with Gasteiger partial charge in [-0.3, -0.25) is 4.68 Å². The summed E-state index contributed by atoms with van der Waals surface area (Å²) in [5.41, 5.74) is 1.01. The van der Waals surface area contributed by atoms with Gasteiger partial charge in [-0.2, -0.15) is 10.2 Å². The molecule has 0 aliphatic carbocycles. The van der Waals surface area contributed by atoms with Gasteiger partial charge in [-0.1, -0.05) is 0 Å². The van der Waals surface area contributed by atoms with Crippen molar-refractivity contribution in [2.24, 2.45) is 13.0 Å². The molecule has 7 nitrogen and oxygen atoms in total. The maximum atomic E-state index is 6.08. The minimum Gasteiger partial charge on any atom is -0.372 e. The van der Waals surface area contributed by atoms with Gasteiger partial charge < -0.3 is 10.1 Å². The van der Waals surface area contributed by atoms with E-state index in [0.717, 1.165) is 25.3 Å². The first kappa shape index (κ1) is 17.1. The number of hydrogen-bond acceptors (Lipinski definition) is 5. The van der Waals surface area contributed by atoms with Crippen molar-refractivity contribution in [3.63, 3.8) is 0 Å². The highest BCUT2D eigenvalue weighted by molar-refractivity contribution is 5.07. The van der Waals surface area contributed by atoms with E-state index in [1.165, 1.54) is 6.42 Å². The monoisotopic (exact) mass is 332 g/mol. The molecule has 132 valence electrons. The Balaban J connectivity index is 1.65. The summed E-state index contributed by atoms with van der Waals surface area (Å²) in [7, 11) is 1.98. The van der Waals surface area contributed by atoms with Gasteiger partial charge in [0.2, 0.25) is 0 Å². The molecule has 3 rings (SSSR count). The van der Waals surface area contributed by atoms with Crippen LogP contribution in [0.25, 0.3) is 0 Å². The second kappa shape index (κ2) is 7.03. The lowest BCUT2D eigenvalue weighted by Gasteiger charge is -2.36. The Hall–Kier alpha value is -1.73. The minimum absolute atomic E-state index is 0.112. The molecule has 2 aromatic heterocycles. The summed E-state index contributed by atoms with van der Waals surface area (Å²) in [6, 6.07) is 2.32. The van der Waals surface area contributed by atoms with Crippen LogP contribution in [0.15, 0.2) is 24.9 Å². The lowest BCUT2D eigenvalue weighted by atomic mass is 9.90. The number of rotatable bonds is 6. The third kappa shape index (κ3) is 3.37. The molecule has 7 heteroatoms. The van der Waals surface area contributed by atoms with Gasteiger partial charge in [0.05, 0.1) is 11.2 Å². The van der Waals surface area contributed by atoms with E-state index in [1.54, 1.807) is 12.7 Å². The second-order valence-electron chi connectivity index (χ2n) is 7.20. The first-order valence-electron chi connectivity index (χ1n) is 8.68. The van der Waals surface area contributed by atoms with Crippen molar-refractivity contribution in [3.8, 4) is 0 Å². The minimum atomic E-state index is -0.145. The highest BCUT2D eigenvalue weighted by Gasteiger charge is 2.33. The third-order valence-electron chi connectivity index (χ3n) is 5.35. The van der Waals surface area contributed by atoms with Gasteiger partial charge in [-0.15, -0.1) is 0 Å². The van der Waals surface area contributed by atoms with Crippen LogP contribution in [0.4, 0.5) is 0 Å². The molecule has 1 N–H and O–H groups in total. The van der Waals surface area contributed by atoms with Crippen molar-refractivity contribution >= 4 is 0 Å². The summed E-state index contributed by atoms with van der Waals surface area (Å²) in [5, 5.41) is 12.3. The van der Waals surface area contributed by atoms with E-state index >= 15 is 0 Å². The summed E-state index contributed by atoms with van der Waals surface area (Å²) >= 11 is 0. The van der Waals surface area contributed by atoms with Gasteiger partial charge in [-0.25, -0.2) is 9.67 Å². The molecule has 0 bridgehead atoms. The Bertz CT molecular complexity index is 635. The normalized spacial score (nSPS) is 23.3. The smallest absolute Gasteiger partial charge is 0.137 e. The van der Waals surface area contributed by atoms with Crippen LogP contribution in [0.1, 0.15) is 45.4 Å². The predicted molar refractivity (Wildman–Crippen MR) is 91.4 cm³/mol. The van der Waals surface area contributed by atoms with Crippen LogP contribution in [0.2, 0.25) is 0 Å². The number of ether oxygens (including phenoxy) is 1. The highest BCUT2D eigenvalue weighted by Crippen LogP contribution is 2.33. The molecule has 1 aliphatic rings. The SMILES string of the molecule is CC(NC[C@@H]1CCCO[C@H]1c1ccnn1C)C(C)(C)n1cncn1. The maximum absolute atomic E-state index is 6.08. The van der Waals surface area contributed by atoms with Crippen LogP contribution in [0.3, 0.4) is 0 Å². The molecule has 0 spiro atoms. The molecular formula is C17H28N6O. The number of hydrogen-bond donors (Lipinski definition) is 1. The molecule has 1 fully saturated rings. The average Bonchev–Trinajstić information content (AvgIpc) is 3.24. The van der Waals surface area contributed by atoms with E-state index in [-0.39, 0.29) is 17.7 Å². The number of nitrogens with one attached hydrogen (secondary N) is 1. The van der Waals surface area contributed by atoms with Gasteiger partial charge in [-0.05, 0) is 39.7 Å². The fourth-order valence-corrected chi connectivity index (χ4v) is 3.32. The van der Waals surface area contributed by atoms with Gasteiger partial charge >= 0.3 is 0 Å². The van der Waals surface area contributed by atoms with Gasteiger partial charge in [0, 0.05) is 38.4 Å². The average molecular weight is 332 g/mol. The molecule has 0 aromatic carbocycles. The van der Waals surface area contributed by atoms with Gasteiger partial charge in [0.25, 0.3) is 0 Å². The Morgan fingerprint density at radius 3 is 2.92 bits per heavy atom. The lowest BCUT2D eigenvalue weighted by molar-refractivity contribution is -0.0338. The largest absolute Gasteiger partial charge is 0.372 e. The second-order valence-corrected chi connectivity index (χ2v) is 7.20. The van der Waals surface area contributed by atoms with E-state index < -0.39 is 0 Å². The molecule has 1 unspecified atom stereocenters. The van der Waals surface area contributed by atoms with Gasteiger partial charge in [0.15, 0.2) is 0 Å². The highest BCUT2D eigenvalue weighted by atomic mass is 16.5. The van der Waals surface area contributed by atoms with Crippen molar-refractivity contribution in [1.29, 1.82) is 0 Å². The van der Waals surface area contributed by atoms with E-state index in [4.69, 9.17) is 4.74 Å². The first-order valence-corrected chi connectivity index (χ1v) is 8.68. The van der Waals surface area contributed by atoms with Crippen LogP contribution in [-0.4, -0.2) is 43.7 Å². The quantitative estimate of drug-likeness (QED) is 0.875. The van der Waals surface area contributed by atoms with Crippen LogP contribution in [0, 0.1) is 5.92 Å². The Labute approximate surface area is 143 Å². The number of aromatic nitrogens is 5. The van der Waals surface area contributed by atoms with Crippen molar-refractivity contribution in [2.45, 2.75) is 51.3 Å². The van der Waals surface area contributed by atoms with E-state index in [0.29, 0.717) is 5.92 Å². The van der Waals surface area contributed by atoms with Crippen molar-refractivity contribution < 1.29 is 4.74 Å². The van der Waals surface area contributed by atoms with E-state index in [9.17, 15) is 0 Å². The van der Waals surface area contributed by atoms with Crippen LogP contribution in [0.5, 0.6) is 0 Å². The van der Waals surface area contributed by atoms with E-state index in [1.807, 2.05) is 22.6 Å². The summed E-state index contributed by atoms with van der Waals surface area (Å²) in [6.07, 6.45) is 7.59. The molecule has 3 atom stereocenters. The standard InChI is InChI=1S/C17H28N6O/c1-13(17(2,3)23-12-18-11-21-23)19-10-14-6-5-9-24-16(14)15-7-8-20-22(15)4/h7-8,11-14,16,19H,5-6,9-10H2,1-4H3/t13?,14-,16+/m0/s1. The molecule has 0 amide bonds. The van der Waals surface area contributed by atoms with Crippen LogP contribution < -0.4 is 5.32 Å². The zero-order valence-electron chi connectivity index (χ0n) is 15.0. The third-order valence-corrected chi connectivity index (χ3v) is 5.35. The van der Waals surface area contributed by atoms with Crippen molar-refractivity contribution in [1.82, 2.24) is 29.9 Å². The zero-order valence-corrected chi connectivity index (χ0v) is 15.0. The summed E-state index contributed by atoms with van der Waals surface area (Å²) < 4.78 is 9.92. The summed E-state index contributed by atoms with van der Waals surface area (Å²) in [4.78, 5) is 4.07. The van der Waals surface area contributed by atoms with Gasteiger partial charge in [0.1, 0.15) is 18.8 Å². The summed E-state index contributed by atoms with van der Waals surface area (Å²) in [5.74, 6) is 0.447. The first-order chi connectivity index (χ1) is 11.5. The molecule has 1 aliphatic heterocycles. The van der Waals surface area contributed by atoms with Crippen molar-refractivity contribution in [3.05, 3.63) is 30.6 Å². The molecule has 0 radical (unpaired) electrons. The summed E-state index contributed by atoms with van der Waals surface area (Å²) in [6.45, 7) is 8.29. The van der Waals surface area contributed by atoms with Crippen LogP contribution >= 0.6 is 0 Å². The fraction of sp³-hybridized carbons (Fsp3) is 0.706. The Morgan fingerprint density at radius 2 is 2.25 bits per heavy atom. The molecule has 3 heterocycles. The molecule has 0 saturated carbocycles. The maximum Gasteiger partial charge on any atom is 0.137 e. The molecule has 24 heavy (non-hydrogen) atoms.